The number of aromatic nitrogens is 2. The predicted molar refractivity (Wildman–Crippen MR) is 69.6 cm³/mol. The Morgan fingerprint density at radius 1 is 1.55 bits per heavy atom. The quantitative estimate of drug-likeness (QED) is 0.676. The number of hydrogen-bond acceptors (Lipinski definition) is 4. The van der Waals surface area contributed by atoms with Gasteiger partial charge in [-0.2, -0.15) is 0 Å². The molecule has 2 heterocycles. The minimum atomic E-state index is -1.11. The SMILES string of the molecule is O=C(/C=C/c1ccoc1)NC(Cc1cnc[nH]1)C(=O)O. The Balaban J connectivity index is 1.94. The number of H-pyrrole nitrogens is 1. The minimum Gasteiger partial charge on any atom is -0.480 e. The molecule has 1 atom stereocenters. The molecule has 2 rings (SSSR count). The number of rotatable bonds is 6. The fourth-order valence-electron chi connectivity index (χ4n) is 1.58. The van der Waals surface area contributed by atoms with Gasteiger partial charge in [0.15, 0.2) is 0 Å². The van der Waals surface area contributed by atoms with E-state index in [-0.39, 0.29) is 6.42 Å². The molecule has 7 heteroatoms. The van der Waals surface area contributed by atoms with Crippen LogP contribution in [0, 0.1) is 0 Å². The third-order valence-corrected chi connectivity index (χ3v) is 2.56. The zero-order valence-corrected chi connectivity index (χ0v) is 10.4. The van der Waals surface area contributed by atoms with Gasteiger partial charge in [-0.25, -0.2) is 9.78 Å². The molecular formula is C13H13N3O4. The van der Waals surface area contributed by atoms with Gasteiger partial charge < -0.3 is 19.8 Å². The number of nitrogens with zero attached hydrogens (tertiary/aromatic N) is 1. The number of carbonyl (C=O) groups excluding carboxylic acids is 1. The van der Waals surface area contributed by atoms with Crippen LogP contribution in [0.25, 0.3) is 6.08 Å². The van der Waals surface area contributed by atoms with E-state index in [0.717, 1.165) is 5.56 Å². The predicted octanol–water partition coefficient (Wildman–Crippen LogP) is 0.828. The molecule has 0 aliphatic heterocycles. The van der Waals surface area contributed by atoms with Gasteiger partial charge in [0.1, 0.15) is 6.04 Å². The summed E-state index contributed by atoms with van der Waals surface area (Å²) in [5.74, 6) is -1.59. The van der Waals surface area contributed by atoms with E-state index in [4.69, 9.17) is 9.52 Å². The summed E-state index contributed by atoms with van der Waals surface area (Å²) in [5.41, 5.74) is 1.36. The molecule has 7 nitrogen and oxygen atoms in total. The highest BCUT2D eigenvalue weighted by atomic mass is 16.4. The fourth-order valence-corrected chi connectivity index (χ4v) is 1.58. The maximum absolute atomic E-state index is 11.7. The number of amides is 1. The van der Waals surface area contributed by atoms with Gasteiger partial charge in [-0.3, -0.25) is 4.79 Å². The monoisotopic (exact) mass is 275 g/mol. The number of hydrogen-bond donors (Lipinski definition) is 3. The number of aliphatic carboxylic acids is 1. The number of furan rings is 1. The first-order valence-corrected chi connectivity index (χ1v) is 5.86. The first-order chi connectivity index (χ1) is 9.65. The van der Waals surface area contributed by atoms with Gasteiger partial charge >= 0.3 is 5.97 Å². The fraction of sp³-hybridized carbons (Fsp3) is 0.154. The standard InChI is InChI=1S/C13H13N3O4/c17-12(2-1-9-3-4-20-7-9)16-11(13(18)19)5-10-6-14-8-15-10/h1-4,6-8,11H,5H2,(H,14,15)(H,16,17)(H,18,19)/b2-1+. The molecule has 0 spiro atoms. The number of carbonyl (C=O) groups is 2. The van der Waals surface area contributed by atoms with Crippen LogP contribution in [0.4, 0.5) is 0 Å². The zero-order valence-electron chi connectivity index (χ0n) is 10.4. The van der Waals surface area contributed by atoms with Gasteiger partial charge in [-0.1, -0.05) is 0 Å². The lowest BCUT2D eigenvalue weighted by Crippen LogP contribution is -2.41. The van der Waals surface area contributed by atoms with Crippen molar-refractivity contribution in [2.45, 2.75) is 12.5 Å². The normalized spacial score (nSPS) is 12.4. The highest BCUT2D eigenvalue weighted by Gasteiger charge is 2.19. The van der Waals surface area contributed by atoms with Crippen LogP contribution in [0.1, 0.15) is 11.3 Å². The summed E-state index contributed by atoms with van der Waals surface area (Å²) in [6, 6.07) is 0.667. The molecular weight excluding hydrogens is 262 g/mol. The van der Waals surface area contributed by atoms with Crippen LogP contribution in [0.5, 0.6) is 0 Å². The van der Waals surface area contributed by atoms with Gasteiger partial charge in [-0.05, 0) is 12.1 Å². The minimum absolute atomic E-state index is 0.140. The lowest BCUT2D eigenvalue weighted by molar-refractivity contribution is -0.141. The van der Waals surface area contributed by atoms with E-state index in [9.17, 15) is 9.59 Å². The van der Waals surface area contributed by atoms with E-state index in [1.807, 2.05) is 0 Å². The lowest BCUT2D eigenvalue weighted by atomic mass is 10.1. The average molecular weight is 275 g/mol. The van der Waals surface area contributed by atoms with E-state index in [0.29, 0.717) is 5.69 Å². The Labute approximate surface area is 114 Å². The summed E-state index contributed by atoms with van der Waals surface area (Å²) in [6.45, 7) is 0. The molecule has 0 aromatic carbocycles. The van der Waals surface area contributed by atoms with Crippen LogP contribution in [-0.4, -0.2) is 33.0 Å². The summed E-state index contributed by atoms with van der Waals surface area (Å²) >= 11 is 0. The van der Waals surface area contributed by atoms with Crippen molar-refractivity contribution >= 4 is 18.0 Å². The third kappa shape index (κ3) is 3.84. The molecule has 2 aromatic rings. The summed E-state index contributed by atoms with van der Waals surface area (Å²) in [5, 5.41) is 11.5. The molecule has 0 radical (unpaired) electrons. The average Bonchev–Trinajstić information content (AvgIpc) is 3.08. The van der Waals surface area contributed by atoms with Crippen LogP contribution >= 0.6 is 0 Å². The third-order valence-electron chi connectivity index (χ3n) is 2.56. The van der Waals surface area contributed by atoms with Gasteiger partial charge in [0.2, 0.25) is 5.91 Å². The van der Waals surface area contributed by atoms with E-state index in [2.05, 4.69) is 15.3 Å². The van der Waals surface area contributed by atoms with Crippen LogP contribution < -0.4 is 5.32 Å². The zero-order chi connectivity index (χ0) is 14.4. The second-order valence-corrected chi connectivity index (χ2v) is 4.07. The molecule has 0 saturated heterocycles. The van der Waals surface area contributed by atoms with Crippen molar-refractivity contribution in [3.8, 4) is 0 Å². The van der Waals surface area contributed by atoms with Crippen molar-refractivity contribution in [3.63, 3.8) is 0 Å². The van der Waals surface area contributed by atoms with Crippen LogP contribution in [0.3, 0.4) is 0 Å². The van der Waals surface area contributed by atoms with Crippen molar-refractivity contribution < 1.29 is 19.1 Å². The van der Waals surface area contributed by atoms with E-state index < -0.39 is 17.9 Å². The van der Waals surface area contributed by atoms with Crippen LogP contribution in [-0.2, 0) is 16.0 Å². The highest BCUT2D eigenvalue weighted by Crippen LogP contribution is 2.03. The molecule has 0 aliphatic carbocycles. The van der Waals surface area contributed by atoms with Crippen LogP contribution in [0.15, 0.2) is 41.6 Å². The molecule has 0 saturated carbocycles. The molecule has 1 unspecified atom stereocenters. The Kier molecular flexibility index (Phi) is 4.33. The van der Waals surface area contributed by atoms with Crippen molar-refractivity contribution in [1.29, 1.82) is 0 Å². The number of aromatic amines is 1. The summed E-state index contributed by atoms with van der Waals surface area (Å²) in [6.07, 6.45) is 8.86. The topological polar surface area (TPSA) is 108 Å². The Morgan fingerprint density at radius 2 is 2.40 bits per heavy atom. The molecule has 20 heavy (non-hydrogen) atoms. The summed E-state index contributed by atoms with van der Waals surface area (Å²) < 4.78 is 4.85. The second-order valence-electron chi connectivity index (χ2n) is 4.07. The molecule has 3 N–H and O–H groups in total. The van der Waals surface area contributed by atoms with Gasteiger partial charge in [-0.15, -0.1) is 0 Å². The summed E-state index contributed by atoms with van der Waals surface area (Å²) in [7, 11) is 0. The maximum atomic E-state index is 11.7. The van der Waals surface area contributed by atoms with Crippen molar-refractivity contribution in [3.05, 3.63) is 48.5 Å². The number of imidazole rings is 1. The largest absolute Gasteiger partial charge is 0.480 e. The number of carboxylic acid groups (broad SMARTS) is 1. The first kappa shape index (κ1) is 13.6. The van der Waals surface area contributed by atoms with Crippen molar-refractivity contribution in [2.24, 2.45) is 0 Å². The number of carboxylic acids is 1. The smallest absolute Gasteiger partial charge is 0.326 e. The molecule has 2 aromatic heterocycles. The van der Waals surface area contributed by atoms with E-state index in [1.54, 1.807) is 6.07 Å². The highest BCUT2D eigenvalue weighted by molar-refractivity contribution is 5.94. The first-order valence-electron chi connectivity index (χ1n) is 5.86. The van der Waals surface area contributed by atoms with Crippen molar-refractivity contribution in [2.75, 3.05) is 0 Å². The Bertz CT molecular complexity index is 587. The Hall–Kier alpha value is -2.83. The van der Waals surface area contributed by atoms with E-state index >= 15 is 0 Å². The van der Waals surface area contributed by atoms with E-state index in [1.165, 1.54) is 37.2 Å². The van der Waals surface area contributed by atoms with Crippen LogP contribution in [0.2, 0.25) is 0 Å². The van der Waals surface area contributed by atoms with Gasteiger partial charge in [0.25, 0.3) is 0 Å². The van der Waals surface area contributed by atoms with Gasteiger partial charge in [0.05, 0.1) is 18.9 Å². The molecule has 0 bridgehead atoms. The molecule has 1 amide bonds. The second kappa shape index (κ2) is 6.37. The number of nitrogens with one attached hydrogen (secondary N) is 2. The van der Waals surface area contributed by atoms with Crippen molar-refractivity contribution in [1.82, 2.24) is 15.3 Å². The Morgan fingerprint density at radius 3 is 3.00 bits per heavy atom. The van der Waals surface area contributed by atoms with Gasteiger partial charge in [0, 0.05) is 30.0 Å². The lowest BCUT2D eigenvalue weighted by Gasteiger charge is -2.11. The maximum Gasteiger partial charge on any atom is 0.326 e. The molecule has 104 valence electrons. The molecule has 0 fully saturated rings. The summed E-state index contributed by atoms with van der Waals surface area (Å²) in [4.78, 5) is 29.4. The molecule has 0 aliphatic rings.